The van der Waals surface area contributed by atoms with Crippen molar-refractivity contribution in [2.75, 3.05) is 32.4 Å². The number of halogens is 2. The number of sulfonamides is 1. The van der Waals surface area contributed by atoms with Crippen LogP contribution in [0.1, 0.15) is 68.8 Å². The molecule has 6 atom stereocenters. The summed E-state index contributed by atoms with van der Waals surface area (Å²) in [7, 11) is -3.43. The number of ketones is 1. The molecule has 2 N–H and O–H groups in total. The van der Waals surface area contributed by atoms with Gasteiger partial charge in [0.05, 0.1) is 29.2 Å². The van der Waals surface area contributed by atoms with E-state index in [0.29, 0.717) is 11.1 Å². The number of hydrogen-bond donors (Lipinski definition) is 2. The van der Waals surface area contributed by atoms with Crippen LogP contribution in [0.5, 0.6) is 0 Å². The molecule has 3 aliphatic rings. The topological polar surface area (TPSA) is 142 Å². The molecule has 14 heteroatoms. The summed E-state index contributed by atoms with van der Waals surface area (Å²) in [6.45, 7) is 6.96. The molecule has 0 bridgehead atoms. The number of nitrogens with zero attached hydrogens (tertiary/aromatic N) is 2. The smallest absolute Gasteiger partial charge is 0.410 e. The van der Waals surface area contributed by atoms with Crippen molar-refractivity contribution in [1.29, 1.82) is 0 Å². The van der Waals surface area contributed by atoms with Gasteiger partial charge in [0, 0.05) is 50.1 Å². The summed E-state index contributed by atoms with van der Waals surface area (Å²) in [6, 6.07) is 15.1. The fourth-order valence-corrected chi connectivity index (χ4v) is 6.63. The Morgan fingerprint density at radius 2 is 1.51 bits per heavy atom. The second-order valence-corrected chi connectivity index (χ2v) is 14.4. The number of ether oxygens (including phenoxy) is 1. The minimum atomic E-state index is -3.43. The Labute approximate surface area is 288 Å². The van der Waals surface area contributed by atoms with Crippen molar-refractivity contribution in [3.63, 3.8) is 0 Å². The Kier molecular flexibility index (Phi) is 14.2. The molecule has 2 fully saturated rings. The minimum absolute atomic E-state index is 0. The van der Waals surface area contributed by atoms with Crippen molar-refractivity contribution >= 4 is 33.7 Å². The monoisotopic (exact) mass is 708 g/mol. The van der Waals surface area contributed by atoms with E-state index in [0.717, 1.165) is 16.7 Å². The first-order valence-electron chi connectivity index (χ1n) is 15.5. The molecular formula is C35H50F2N4O7S. The van der Waals surface area contributed by atoms with Crippen LogP contribution < -0.4 is 10.0 Å². The first-order chi connectivity index (χ1) is 22.0. The SMILES string of the molecule is C.C.C[C@@H]1NC[C@H](C)C(F)(F)[C@@H]1CNS(C)(=O)=O.C[C@H]1CN(C(=O)OCc2ccccc2)[C@@H](C)[C@@H](CN2C(=O)c3ccccc3C2=O)C1=O. The molecule has 2 saturated heterocycles. The number of amides is 3. The second kappa shape index (κ2) is 16.8. The fourth-order valence-electron chi connectivity index (χ4n) is 6.15. The third kappa shape index (κ3) is 9.49. The highest BCUT2D eigenvalue weighted by Gasteiger charge is 2.50. The Bertz CT molecular complexity index is 1560. The van der Waals surface area contributed by atoms with Crippen molar-refractivity contribution in [3.05, 3.63) is 71.3 Å². The van der Waals surface area contributed by atoms with Gasteiger partial charge in [0.15, 0.2) is 0 Å². The lowest BCUT2D eigenvalue weighted by molar-refractivity contribution is -0.133. The van der Waals surface area contributed by atoms with Crippen LogP contribution in [0.25, 0.3) is 0 Å². The highest BCUT2D eigenvalue weighted by Crippen LogP contribution is 2.37. The van der Waals surface area contributed by atoms with Gasteiger partial charge in [-0.05, 0) is 31.5 Å². The number of nitrogens with one attached hydrogen (secondary N) is 2. The fraction of sp³-hybridized carbons (Fsp3) is 0.543. The van der Waals surface area contributed by atoms with Gasteiger partial charge >= 0.3 is 6.09 Å². The molecule has 11 nitrogen and oxygen atoms in total. The van der Waals surface area contributed by atoms with Crippen LogP contribution >= 0.6 is 0 Å². The average Bonchev–Trinajstić information content (AvgIpc) is 3.26. The van der Waals surface area contributed by atoms with Crippen molar-refractivity contribution < 1.29 is 41.1 Å². The third-order valence-electron chi connectivity index (χ3n) is 9.16. The number of alkyl halides is 2. The van der Waals surface area contributed by atoms with Crippen LogP contribution in [0.15, 0.2) is 54.6 Å². The predicted octanol–water partition coefficient (Wildman–Crippen LogP) is 4.83. The largest absolute Gasteiger partial charge is 0.445 e. The Balaban J connectivity index is 0.000000396. The van der Waals surface area contributed by atoms with E-state index in [1.165, 1.54) is 11.8 Å². The standard InChI is InChI=1S/C24H24N2O5.C9H18F2N2O2S.2CH4/c1-15-12-25(24(30)31-14-17-8-4-3-5-9-17)16(2)20(21(15)27)13-26-22(28)18-10-6-7-11-19(18)23(26)29;1-6-4-12-7(2)8(9(6,10)11)5-13-16(3,14)15;;/h3-11,15-16,20H,12-14H2,1-2H3;6-8,12-13H,4-5H2,1-3H3;2*1H4/t15-,16-,20+;6-,7-,8+;;/m00../s1. The molecule has 272 valence electrons. The molecule has 0 spiro atoms. The number of Topliss-reactive ketones (excluding diaryl/α,β-unsaturated/α-hetero) is 1. The molecule has 2 aromatic carbocycles. The number of imide groups is 1. The van der Waals surface area contributed by atoms with E-state index in [4.69, 9.17) is 4.74 Å². The molecule has 3 amide bonds. The van der Waals surface area contributed by atoms with Gasteiger partial charge in [0.1, 0.15) is 12.4 Å². The second-order valence-electron chi connectivity index (χ2n) is 12.6. The zero-order valence-corrected chi connectivity index (χ0v) is 27.9. The van der Waals surface area contributed by atoms with Gasteiger partial charge in [-0.25, -0.2) is 26.7 Å². The molecule has 2 aromatic rings. The van der Waals surface area contributed by atoms with Gasteiger partial charge in [-0.2, -0.15) is 0 Å². The number of rotatable bonds is 7. The molecule has 3 heterocycles. The molecule has 49 heavy (non-hydrogen) atoms. The van der Waals surface area contributed by atoms with Gasteiger partial charge in [-0.1, -0.05) is 71.2 Å². The average molecular weight is 709 g/mol. The summed E-state index contributed by atoms with van der Waals surface area (Å²) in [4.78, 5) is 53.8. The summed E-state index contributed by atoms with van der Waals surface area (Å²) in [5, 5.41) is 2.96. The zero-order chi connectivity index (χ0) is 34.7. The number of fused-ring (bicyclic) bond motifs is 1. The molecule has 5 rings (SSSR count). The number of carbonyl (C=O) groups excluding carboxylic acids is 4. The van der Waals surface area contributed by atoms with Crippen molar-refractivity contribution in [1.82, 2.24) is 19.8 Å². The van der Waals surface area contributed by atoms with Gasteiger partial charge in [0.2, 0.25) is 10.0 Å². The lowest BCUT2D eigenvalue weighted by atomic mass is 9.82. The molecule has 0 unspecified atom stereocenters. The van der Waals surface area contributed by atoms with Crippen molar-refractivity contribution in [2.24, 2.45) is 23.7 Å². The van der Waals surface area contributed by atoms with Crippen LogP contribution in [-0.4, -0.2) is 92.3 Å². The van der Waals surface area contributed by atoms with Crippen LogP contribution in [-0.2, 0) is 26.2 Å². The van der Waals surface area contributed by atoms with Crippen LogP contribution in [0.2, 0.25) is 0 Å². The van der Waals surface area contributed by atoms with Crippen molar-refractivity contribution in [3.8, 4) is 0 Å². The van der Waals surface area contributed by atoms with Crippen LogP contribution in [0, 0.1) is 23.7 Å². The van der Waals surface area contributed by atoms with E-state index < -0.39 is 69.6 Å². The normalized spacial score (nSPS) is 26.1. The van der Waals surface area contributed by atoms with E-state index >= 15 is 0 Å². The summed E-state index contributed by atoms with van der Waals surface area (Å²) in [5.74, 6) is -6.59. The highest BCUT2D eigenvalue weighted by atomic mass is 32.2. The molecule has 0 saturated carbocycles. The number of carbonyl (C=O) groups is 4. The van der Waals surface area contributed by atoms with E-state index in [1.807, 2.05) is 30.3 Å². The molecular weight excluding hydrogens is 658 g/mol. The molecule has 0 aliphatic carbocycles. The van der Waals surface area contributed by atoms with Crippen molar-refractivity contribution in [2.45, 2.75) is 67.2 Å². The van der Waals surface area contributed by atoms with Gasteiger partial charge in [0.25, 0.3) is 17.7 Å². The highest BCUT2D eigenvalue weighted by molar-refractivity contribution is 7.88. The third-order valence-corrected chi connectivity index (χ3v) is 9.85. The predicted molar refractivity (Wildman–Crippen MR) is 184 cm³/mol. The Morgan fingerprint density at radius 1 is 0.959 bits per heavy atom. The summed E-state index contributed by atoms with van der Waals surface area (Å²) in [6.07, 6.45) is 0.457. The van der Waals surface area contributed by atoms with Gasteiger partial charge < -0.3 is 15.0 Å². The first-order valence-corrected chi connectivity index (χ1v) is 17.4. The molecule has 0 radical (unpaired) electrons. The van der Waals surface area contributed by atoms with E-state index in [9.17, 15) is 36.4 Å². The van der Waals surface area contributed by atoms with Crippen LogP contribution in [0.3, 0.4) is 0 Å². The van der Waals surface area contributed by atoms with Crippen LogP contribution in [0.4, 0.5) is 13.6 Å². The number of piperidine rings is 2. The van der Waals surface area contributed by atoms with E-state index in [-0.39, 0.29) is 53.4 Å². The Morgan fingerprint density at radius 3 is 2.06 bits per heavy atom. The van der Waals surface area contributed by atoms with Gasteiger partial charge in [-0.3, -0.25) is 19.3 Å². The number of benzene rings is 2. The van der Waals surface area contributed by atoms with Gasteiger partial charge in [-0.15, -0.1) is 0 Å². The van der Waals surface area contributed by atoms with E-state index in [1.54, 1.807) is 45.0 Å². The Hall–Kier alpha value is -3.75. The lowest BCUT2D eigenvalue weighted by Gasteiger charge is -2.41. The summed E-state index contributed by atoms with van der Waals surface area (Å²) in [5.41, 5.74) is 1.55. The minimum Gasteiger partial charge on any atom is -0.445 e. The van der Waals surface area contributed by atoms with E-state index in [2.05, 4.69) is 10.0 Å². The molecule has 0 aromatic heterocycles. The maximum atomic E-state index is 13.8. The summed E-state index contributed by atoms with van der Waals surface area (Å²) < 4.78 is 57.0. The summed E-state index contributed by atoms with van der Waals surface area (Å²) >= 11 is 0. The maximum absolute atomic E-state index is 13.8. The number of likely N-dealkylation sites (tertiary alicyclic amines) is 1. The zero-order valence-electron chi connectivity index (χ0n) is 27.1. The quantitative estimate of drug-likeness (QED) is 0.390. The lowest BCUT2D eigenvalue weighted by Crippen LogP contribution is -2.58. The number of hydrogen-bond acceptors (Lipinski definition) is 8. The molecule has 3 aliphatic heterocycles. The first kappa shape index (κ1) is 41.4. The maximum Gasteiger partial charge on any atom is 0.410 e.